The maximum atomic E-state index is 12.8. The second kappa shape index (κ2) is 7.58. The molecule has 3 fully saturated rings. The smallest absolute Gasteiger partial charge is 0.311 e. The van der Waals surface area contributed by atoms with Gasteiger partial charge in [-0.15, -0.1) is 0 Å². The third-order valence-corrected chi connectivity index (χ3v) is 6.59. The van der Waals surface area contributed by atoms with Gasteiger partial charge in [0.2, 0.25) is 0 Å². The molecule has 1 amide bonds. The minimum Gasteiger partial charge on any atom is -0.461 e. The van der Waals surface area contributed by atoms with E-state index >= 15 is 0 Å². The molecule has 1 spiro atoms. The van der Waals surface area contributed by atoms with E-state index in [9.17, 15) is 9.59 Å². The molecule has 2 heterocycles. The minimum atomic E-state index is -0.229. The van der Waals surface area contributed by atoms with Gasteiger partial charge in [-0.1, -0.05) is 6.42 Å². The van der Waals surface area contributed by atoms with Crippen LogP contribution in [0.5, 0.6) is 0 Å². The number of nitrogens with zero attached hydrogens (tertiary/aromatic N) is 2. The Kier molecular flexibility index (Phi) is 5.17. The van der Waals surface area contributed by atoms with Crippen molar-refractivity contribution in [3.63, 3.8) is 0 Å². The molecular weight excluding hydrogens is 344 g/mol. The lowest BCUT2D eigenvalue weighted by Crippen LogP contribution is -2.63. The number of piperidine rings is 1. The standard InChI is InChI=1S/C21H28N2O4/c1-2-26-17-13-18(21(17)8-4-9-21)27-20(25)16-5-3-12-23(14-16)19(24)15-6-10-22-11-7-15/h6-7,10-11,16-18H,2-5,8-9,12-14H2,1H3/t16-,17+,18+/m0/s1. The van der Waals surface area contributed by atoms with Crippen LogP contribution in [0.2, 0.25) is 0 Å². The van der Waals surface area contributed by atoms with Crippen LogP contribution in [0.15, 0.2) is 24.5 Å². The fraction of sp³-hybridized carbons (Fsp3) is 0.667. The Morgan fingerprint density at radius 3 is 2.67 bits per heavy atom. The Morgan fingerprint density at radius 1 is 1.22 bits per heavy atom. The van der Waals surface area contributed by atoms with Gasteiger partial charge in [-0.05, 0) is 44.7 Å². The minimum absolute atomic E-state index is 0.0124. The molecule has 3 atom stereocenters. The van der Waals surface area contributed by atoms with Crippen LogP contribution in [-0.2, 0) is 14.3 Å². The number of carbonyl (C=O) groups excluding carboxylic acids is 2. The molecular formula is C21H28N2O4. The molecule has 6 heteroatoms. The first-order chi connectivity index (χ1) is 13.1. The second-order valence-corrected chi connectivity index (χ2v) is 8.02. The summed E-state index contributed by atoms with van der Waals surface area (Å²) in [5.41, 5.74) is 0.679. The predicted molar refractivity (Wildman–Crippen MR) is 99.1 cm³/mol. The maximum absolute atomic E-state index is 12.8. The van der Waals surface area contributed by atoms with Crippen LogP contribution in [0.25, 0.3) is 0 Å². The molecule has 1 saturated heterocycles. The first-order valence-corrected chi connectivity index (χ1v) is 10.2. The summed E-state index contributed by atoms with van der Waals surface area (Å²) in [5.74, 6) is -0.410. The average molecular weight is 372 g/mol. The number of hydrogen-bond donors (Lipinski definition) is 0. The number of carbonyl (C=O) groups is 2. The fourth-order valence-corrected chi connectivity index (χ4v) is 4.81. The van der Waals surface area contributed by atoms with Crippen LogP contribution in [-0.4, -0.2) is 53.7 Å². The molecule has 1 aromatic heterocycles. The number of aromatic nitrogens is 1. The fourth-order valence-electron chi connectivity index (χ4n) is 4.81. The highest BCUT2D eigenvalue weighted by atomic mass is 16.6. The van der Waals surface area contributed by atoms with Gasteiger partial charge in [0.15, 0.2) is 0 Å². The van der Waals surface area contributed by atoms with Gasteiger partial charge < -0.3 is 14.4 Å². The summed E-state index contributed by atoms with van der Waals surface area (Å²) in [4.78, 5) is 31.2. The normalized spacial score (nSPS) is 28.9. The van der Waals surface area contributed by atoms with Crippen molar-refractivity contribution in [2.75, 3.05) is 19.7 Å². The Labute approximate surface area is 160 Å². The van der Waals surface area contributed by atoms with Gasteiger partial charge in [0.05, 0.1) is 12.0 Å². The zero-order valence-electron chi connectivity index (χ0n) is 15.9. The highest BCUT2D eigenvalue weighted by Crippen LogP contribution is 2.58. The Morgan fingerprint density at radius 2 is 2.00 bits per heavy atom. The Bertz CT molecular complexity index is 689. The molecule has 2 aliphatic carbocycles. The van der Waals surface area contributed by atoms with Crippen LogP contribution < -0.4 is 0 Å². The van der Waals surface area contributed by atoms with Crippen molar-refractivity contribution in [1.29, 1.82) is 0 Å². The van der Waals surface area contributed by atoms with Crippen LogP contribution in [0, 0.1) is 11.3 Å². The summed E-state index contributed by atoms with van der Waals surface area (Å²) in [6.07, 6.45) is 9.26. The van der Waals surface area contributed by atoms with Crippen molar-refractivity contribution in [2.24, 2.45) is 11.3 Å². The lowest BCUT2D eigenvalue weighted by molar-refractivity contribution is -0.241. The summed E-state index contributed by atoms with van der Waals surface area (Å²) in [5, 5.41) is 0. The number of rotatable bonds is 5. The number of hydrogen-bond acceptors (Lipinski definition) is 5. The van der Waals surface area contributed by atoms with E-state index in [0.29, 0.717) is 25.3 Å². The molecule has 1 aromatic rings. The molecule has 6 nitrogen and oxygen atoms in total. The number of ether oxygens (including phenoxy) is 2. The molecule has 0 radical (unpaired) electrons. The molecule has 0 unspecified atom stereocenters. The monoisotopic (exact) mass is 372 g/mol. The second-order valence-electron chi connectivity index (χ2n) is 8.02. The average Bonchev–Trinajstić information content (AvgIpc) is 2.66. The van der Waals surface area contributed by atoms with Gasteiger partial charge in [0, 0.05) is 49.5 Å². The highest BCUT2D eigenvalue weighted by molar-refractivity contribution is 5.94. The molecule has 0 bridgehead atoms. The number of amides is 1. The van der Waals surface area contributed by atoms with Crippen LogP contribution in [0.1, 0.15) is 55.8 Å². The first kappa shape index (κ1) is 18.4. The summed E-state index contributed by atoms with van der Waals surface area (Å²) < 4.78 is 11.8. The zero-order valence-corrected chi connectivity index (χ0v) is 15.9. The predicted octanol–water partition coefficient (Wildman–Crippen LogP) is 2.82. The molecule has 1 aliphatic heterocycles. The quantitative estimate of drug-likeness (QED) is 0.744. The molecule has 2 saturated carbocycles. The van der Waals surface area contributed by atoms with E-state index < -0.39 is 0 Å². The van der Waals surface area contributed by atoms with Gasteiger partial charge in [-0.3, -0.25) is 14.6 Å². The number of esters is 1. The van der Waals surface area contributed by atoms with E-state index in [2.05, 4.69) is 4.98 Å². The molecule has 3 aliphatic rings. The molecule has 27 heavy (non-hydrogen) atoms. The largest absolute Gasteiger partial charge is 0.461 e. The van der Waals surface area contributed by atoms with Crippen LogP contribution in [0.4, 0.5) is 0 Å². The van der Waals surface area contributed by atoms with Gasteiger partial charge in [0.1, 0.15) is 6.10 Å². The summed E-state index contributed by atoms with van der Waals surface area (Å²) in [6, 6.07) is 3.43. The molecule has 146 valence electrons. The summed E-state index contributed by atoms with van der Waals surface area (Å²) >= 11 is 0. The van der Waals surface area contributed by atoms with Crippen LogP contribution in [0.3, 0.4) is 0 Å². The number of likely N-dealkylation sites (tertiary alicyclic amines) is 1. The van der Waals surface area contributed by atoms with Gasteiger partial charge >= 0.3 is 5.97 Å². The zero-order chi connectivity index (χ0) is 18.9. The first-order valence-electron chi connectivity index (χ1n) is 10.2. The third kappa shape index (κ3) is 3.35. The van der Waals surface area contributed by atoms with Gasteiger partial charge in [-0.2, -0.15) is 0 Å². The van der Waals surface area contributed by atoms with Gasteiger partial charge in [0.25, 0.3) is 5.91 Å². The van der Waals surface area contributed by atoms with Crippen LogP contribution >= 0.6 is 0 Å². The molecule has 4 rings (SSSR count). The van der Waals surface area contributed by atoms with Crippen molar-refractivity contribution in [3.05, 3.63) is 30.1 Å². The van der Waals surface area contributed by atoms with E-state index in [1.54, 1.807) is 29.4 Å². The lowest BCUT2D eigenvalue weighted by atomic mass is 9.52. The van der Waals surface area contributed by atoms with Crippen molar-refractivity contribution in [2.45, 2.75) is 57.7 Å². The van der Waals surface area contributed by atoms with E-state index in [4.69, 9.17) is 9.47 Å². The van der Waals surface area contributed by atoms with Crippen molar-refractivity contribution >= 4 is 11.9 Å². The maximum Gasteiger partial charge on any atom is 0.311 e. The lowest BCUT2D eigenvalue weighted by Gasteiger charge is -2.59. The summed E-state index contributed by atoms with van der Waals surface area (Å²) in [6.45, 7) is 3.85. The van der Waals surface area contributed by atoms with E-state index in [1.807, 2.05) is 6.92 Å². The van der Waals surface area contributed by atoms with E-state index in [-0.39, 0.29) is 35.4 Å². The Balaban J connectivity index is 1.35. The number of pyridine rings is 1. The third-order valence-electron chi connectivity index (χ3n) is 6.59. The van der Waals surface area contributed by atoms with Crippen molar-refractivity contribution < 1.29 is 19.1 Å². The summed E-state index contributed by atoms with van der Waals surface area (Å²) in [7, 11) is 0. The topological polar surface area (TPSA) is 68.7 Å². The van der Waals surface area contributed by atoms with Gasteiger partial charge in [-0.25, -0.2) is 0 Å². The SMILES string of the molecule is CCO[C@@H]1C[C@@H](OC(=O)[C@H]2CCCN(C(=O)c3ccncc3)C2)C12CCC2. The Hall–Kier alpha value is -1.95. The van der Waals surface area contributed by atoms with E-state index in [1.165, 1.54) is 6.42 Å². The van der Waals surface area contributed by atoms with Crippen molar-refractivity contribution in [1.82, 2.24) is 9.88 Å². The highest BCUT2D eigenvalue weighted by Gasteiger charge is 2.61. The van der Waals surface area contributed by atoms with Crippen molar-refractivity contribution in [3.8, 4) is 0 Å². The molecule has 0 N–H and O–H groups in total. The molecule has 0 aromatic carbocycles. The van der Waals surface area contributed by atoms with E-state index in [0.717, 1.165) is 32.1 Å².